The first-order chi connectivity index (χ1) is 8.48. The van der Waals surface area contributed by atoms with Gasteiger partial charge in [-0.3, -0.25) is 0 Å². The van der Waals surface area contributed by atoms with Gasteiger partial charge in [0.2, 0.25) is 5.89 Å². The molecular weight excluding hydrogens is 254 g/mol. The van der Waals surface area contributed by atoms with E-state index in [0.717, 1.165) is 12.8 Å². The minimum atomic E-state index is -3.11. The van der Waals surface area contributed by atoms with Crippen molar-refractivity contribution in [2.24, 2.45) is 5.92 Å². The Labute approximate surface area is 107 Å². The van der Waals surface area contributed by atoms with E-state index in [9.17, 15) is 8.42 Å². The van der Waals surface area contributed by atoms with Gasteiger partial charge in [-0.15, -0.1) is 0 Å². The first kappa shape index (κ1) is 13.5. The molecule has 0 aliphatic heterocycles. The summed E-state index contributed by atoms with van der Waals surface area (Å²) in [4.78, 5) is 4.13. The SMILES string of the molecule is CCNC(Cc1nc(CS(C)(=O)=O)no1)C1CC1. The van der Waals surface area contributed by atoms with Crippen LogP contribution in [0, 0.1) is 5.92 Å². The van der Waals surface area contributed by atoms with E-state index in [2.05, 4.69) is 22.4 Å². The van der Waals surface area contributed by atoms with E-state index in [0.29, 0.717) is 24.3 Å². The number of rotatable bonds is 7. The van der Waals surface area contributed by atoms with Crippen LogP contribution in [0.4, 0.5) is 0 Å². The van der Waals surface area contributed by atoms with Crippen LogP contribution in [-0.4, -0.2) is 37.4 Å². The number of hydrogen-bond acceptors (Lipinski definition) is 6. The minimum absolute atomic E-state index is 0.161. The van der Waals surface area contributed by atoms with Crippen molar-refractivity contribution >= 4 is 9.84 Å². The first-order valence-corrected chi connectivity index (χ1v) is 8.26. The summed E-state index contributed by atoms with van der Waals surface area (Å²) >= 11 is 0. The molecule has 0 spiro atoms. The summed E-state index contributed by atoms with van der Waals surface area (Å²) in [5.74, 6) is 1.30. The summed E-state index contributed by atoms with van der Waals surface area (Å²) in [5.41, 5.74) is 0. The second-order valence-electron chi connectivity index (χ2n) is 4.88. The molecule has 2 rings (SSSR count). The van der Waals surface area contributed by atoms with E-state index in [-0.39, 0.29) is 11.6 Å². The van der Waals surface area contributed by atoms with E-state index >= 15 is 0 Å². The monoisotopic (exact) mass is 273 g/mol. The van der Waals surface area contributed by atoms with Crippen LogP contribution < -0.4 is 5.32 Å². The number of sulfone groups is 1. The zero-order valence-electron chi connectivity index (χ0n) is 10.7. The summed E-state index contributed by atoms with van der Waals surface area (Å²) in [7, 11) is -3.11. The Morgan fingerprint density at radius 3 is 2.78 bits per heavy atom. The highest BCUT2D eigenvalue weighted by Crippen LogP contribution is 2.33. The molecule has 1 unspecified atom stereocenters. The highest BCUT2D eigenvalue weighted by atomic mass is 32.2. The lowest BCUT2D eigenvalue weighted by Crippen LogP contribution is -2.33. The van der Waals surface area contributed by atoms with Gasteiger partial charge in [0.25, 0.3) is 0 Å². The molecule has 1 aliphatic carbocycles. The molecule has 1 aromatic rings. The molecule has 1 N–H and O–H groups in total. The van der Waals surface area contributed by atoms with Crippen LogP contribution in [-0.2, 0) is 22.0 Å². The van der Waals surface area contributed by atoms with Crippen molar-refractivity contribution in [1.82, 2.24) is 15.5 Å². The molecule has 0 bridgehead atoms. The Bertz CT molecular complexity index is 493. The highest BCUT2D eigenvalue weighted by Gasteiger charge is 2.32. The van der Waals surface area contributed by atoms with Crippen molar-refractivity contribution in [3.8, 4) is 0 Å². The van der Waals surface area contributed by atoms with Crippen LogP contribution in [0.2, 0.25) is 0 Å². The van der Waals surface area contributed by atoms with Gasteiger partial charge in [0, 0.05) is 18.7 Å². The molecule has 1 heterocycles. The maximum Gasteiger partial charge on any atom is 0.228 e. The third kappa shape index (κ3) is 4.06. The van der Waals surface area contributed by atoms with Crippen LogP contribution in [0.3, 0.4) is 0 Å². The van der Waals surface area contributed by atoms with Gasteiger partial charge < -0.3 is 9.84 Å². The van der Waals surface area contributed by atoms with Crippen molar-refractivity contribution in [1.29, 1.82) is 0 Å². The summed E-state index contributed by atoms with van der Waals surface area (Å²) in [5, 5.41) is 7.11. The average Bonchev–Trinajstić information content (AvgIpc) is 3.00. The molecule has 18 heavy (non-hydrogen) atoms. The number of likely N-dealkylation sites (N-methyl/N-ethyl adjacent to an activating group) is 1. The molecule has 6 nitrogen and oxygen atoms in total. The van der Waals surface area contributed by atoms with E-state index in [1.807, 2.05) is 0 Å². The van der Waals surface area contributed by atoms with Crippen molar-refractivity contribution < 1.29 is 12.9 Å². The topological polar surface area (TPSA) is 85.1 Å². The Hall–Kier alpha value is -0.950. The molecular formula is C11H19N3O3S. The van der Waals surface area contributed by atoms with E-state index in [4.69, 9.17) is 4.52 Å². The van der Waals surface area contributed by atoms with Gasteiger partial charge >= 0.3 is 0 Å². The van der Waals surface area contributed by atoms with Crippen molar-refractivity contribution in [2.45, 2.75) is 38.0 Å². The molecule has 0 amide bonds. The minimum Gasteiger partial charge on any atom is -0.339 e. The molecule has 1 aliphatic rings. The van der Waals surface area contributed by atoms with Crippen LogP contribution in [0.1, 0.15) is 31.5 Å². The lowest BCUT2D eigenvalue weighted by atomic mass is 10.1. The summed E-state index contributed by atoms with van der Waals surface area (Å²) < 4.78 is 27.3. The van der Waals surface area contributed by atoms with Gasteiger partial charge in [0.15, 0.2) is 15.7 Å². The van der Waals surface area contributed by atoms with Gasteiger partial charge in [-0.1, -0.05) is 12.1 Å². The van der Waals surface area contributed by atoms with Crippen molar-refractivity contribution in [3.63, 3.8) is 0 Å². The Morgan fingerprint density at radius 1 is 1.50 bits per heavy atom. The quantitative estimate of drug-likeness (QED) is 0.780. The summed E-state index contributed by atoms with van der Waals surface area (Å²) in [6.45, 7) is 2.98. The fourth-order valence-corrected chi connectivity index (χ4v) is 2.61. The third-order valence-electron chi connectivity index (χ3n) is 2.95. The van der Waals surface area contributed by atoms with E-state index in [1.54, 1.807) is 0 Å². The highest BCUT2D eigenvalue weighted by molar-refractivity contribution is 7.89. The van der Waals surface area contributed by atoms with Gasteiger partial charge in [0.05, 0.1) is 0 Å². The van der Waals surface area contributed by atoms with E-state index in [1.165, 1.54) is 12.8 Å². The van der Waals surface area contributed by atoms with Gasteiger partial charge in [-0.2, -0.15) is 4.98 Å². The van der Waals surface area contributed by atoms with Crippen LogP contribution in [0.25, 0.3) is 0 Å². The second-order valence-corrected chi connectivity index (χ2v) is 7.02. The summed E-state index contributed by atoms with van der Waals surface area (Å²) in [6.07, 6.45) is 4.31. The fourth-order valence-electron chi connectivity index (χ4n) is 2.02. The molecule has 1 fully saturated rings. The number of nitrogens with one attached hydrogen (secondary N) is 1. The van der Waals surface area contributed by atoms with Crippen LogP contribution >= 0.6 is 0 Å². The lowest BCUT2D eigenvalue weighted by Gasteiger charge is -2.14. The van der Waals surface area contributed by atoms with Gasteiger partial charge in [-0.05, 0) is 25.3 Å². The van der Waals surface area contributed by atoms with Crippen LogP contribution in [0.5, 0.6) is 0 Å². The number of aromatic nitrogens is 2. The molecule has 0 radical (unpaired) electrons. The molecule has 102 valence electrons. The third-order valence-corrected chi connectivity index (χ3v) is 3.74. The Kier molecular flexibility index (Phi) is 4.01. The van der Waals surface area contributed by atoms with Gasteiger partial charge in [0.1, 0.15) is 5.75 Å². The molecule has 7 heteroatoms. The predicted octanol–water partition coefficient (Wildman–Crippen LogP) is 0.545. The lowest BCUT2D eigenvalue weighted by molar-refractivity contribution is 0.345. The average molecular weight is 273 g/mol. The van der Waals surface area contributed by atoms with Crippen LogP contribution in [0.15, 0.2) is 4.52 Å². The van der Waals surface area contributed by atoms with E-state index < -0.39 is 9.84 Å². The number of nitrogens with zero attached hydrogens (tertiary/aromatic N) is 2. The molecule has 1 aromatic heterocycles. The molecule has 1 saturated carbocycles. The van der Waals surface area contributed by atoms with Crippen molar-refractivity contribution in [2.75, 3.05) is 12.8 Å². The maximum atomic E-state index is 11.1. The summed E-state index contributed by atoms with van der Waals surface area (Å²) in [6, 6.07) is 0.363. The molecule has 0 aromatic carbocycles. The Balaban J connectivity index is 1.96. The predicted molar refractivity (Wildman–Crippen MR) is 66.7 cm³/mol. The molecule has 0 saturated heterocycles. The smallest absolute Gasteiger partial charge is 0.228 e. The Morgan fingerprint density at radius 2 is 2.22 bits per heavy atom. The normalized spacial score (nSPS) is 17.9. The van der Waals surface area contributed by atoms with Gasteiger partial charge in [-0.25, -0.2) is 8.42 Å². The molecule has 1 atom stereocenters. The zero-order chi connectivity index (χ0) is 13.2. The fraction of sp³-hybridized carbons (Fsp3) is 0.818. The zero-order valence-corrected chi connectivity index (χ0v) is 11.5. The maximum absolute atomic E-state index is 11.1. The first-order valence-electron chi connectivity index (χ1n) is 6.20. The standard InChI is InChI=1S/C11H19N3O3S/c1-3-12-9(8-4-5-8)6-11-13-10(14-17-11)7-18(2,15)16/h8-9,12H,3-7H2,1-2H3. The second kappa shape index (κ2) is 5.36. The largest absolute Gasteiger partial charge is 0.339 e. The number of hydrogen-bond donors (Lipinski definition) is 1. The van der Waals surface area contributed by atoms with Crippen molar-refractivity contribution in [3.05, 3.63) is 11.7 Å².